The van der Waals surface area contributed by atoms with Gasteiger partial charge in [0.15, 0.2) is 11.6 Å². The molecule has 2 atom stereocenters. The average molecular weight is 617 g/mol. The Morgan fingerprint density at radius 1 is 1.00 bits per heavy atom. The summed E-state index contributed by atoms with van der Waals surface area (Å²) in [5, 5.41) is 5.03. The van der Waals surface area contributed by atoms with Crippen molar-refractivity contribution in [2.45, 2.75) is 90.8 Å². The van der Waals surface area contributed by atoms with E-state index in [4.69, 9.17) is 9.47 Å². The highest BCUT2D eigenvalue weighted by Gasteiger charge is 2.30. The van der Waals surface area contributed by atoms with E-state index in [1.54, 1.807) is 40.7 Å². The monoisotopic (exact) mass is 616 g/mol. The van der Waals surface area contributed by atoms with Crippen molar-refractivity contribution < 1.29 is 37.0 Å². The number of hydrogen-bond donors (Lipinski definition) is 2. The largest absolute Gasteiger partial charge is 0.466 e. The van der Waals surface area contributed by atoms with Crippen molar-refractivity contribution in [2.75, 3.05) is 6.61 Å². The van der Waals surface area contributed by atoms with Gasteiger partial charge in [0.05, 0.1) is 19.1 Å². The van der Waals surface area contributed by atoms with E-state index in [0.717, 1.165) is 25.3 Å². The average Bonchev–Trinajstić information content (AvgIpc) is 2.91. The van der Waals surface area contributed by atoms with Gasteiger partial charge in [-0.25, -0.2) is 18.0 Å². The molecule has 0 aliphatic rings. The number of carbonyl (C=O) groups is 3. The van der Waals surface area contributed by atoms with Crippen molar-refractivity contribution in [1.82, 2.24) is 10.6 Å². The Morgan fingerprint density at radius 2 is 1.70 bits per heavy atom. The van der Waals surface area contributed by atoms with E-state index in [9.17, 15) is 18.8 Å². The van der Waals surface area contributed by atoms with Crippen LogP contribution in [0.2, 0.25) is 0 Å². The van der Waals surface area contributed by atoms with Gasteiger partial charge in [-0.1, -0.05) is 12.2 Å². The summed E-state index contributed by atoms with van der Waals surface area (Å²) in [6.45, 7) is 15.6. The fourth-order valence-corrected chi connectivity index (χ4v) is 4.78. The summed E-state index contributed by atoms with van der Waals surface area (Å²) in [6.07, 6.45) is 4.59. The van der Waals surface area contributed by atoms with Gasteiger partial charge in [0, 0.05) is 5.56 Å². The van der Waals surface area contributed by atoms with E-state index in [-0.39, 0.29) is 24.2 Å². The topological polar surface area (TPSA) is 93.7 Å². The van der Waals surface area contributed by atoms with Gasteiger partial charge in [-0.15, -0.1) is 13.2 Å². The Morgan fingerprint density at radius 3 is 2.32 bits per heavy atom. The summed E-state index contributed by atoms with van der Waals surface area (Å²) < 4.78 is 55.4. The number of halogens is 3. The highest BCUT2D eigenvalue weighted by Crippen LogP contribution is 2.34. The predicted octanol–water partition coefficient (Wildman–Crippen LogP) is 7.56. The molecule has 0 radical (unpaired) electrons. The normalized spacial score (nSPS) is 12.5. The van der Waals surface area contributed by atoms with Crippen molar-refractivity contribution in [2.24, 2.45) is 0 Å². The fourth-order valence-electron chi connectivity index (χ4n) is 4.78. The maximum atomic E-state index is 15.5. The minimum atomic E-state index is -1.37. The Hall–Kier alpha value is -4.08. The van der Waals surface area contributed by atoms with Gasteiger partial charge >= 0.3 is 12.1 Å². The lowest BCUT2D eigenvalue weighted by atomic mass is 9.89. The van der Waals surface area contributed by atoms with E-state index in [1.807, 2.05) is 0 Å². The van der Waals surface area contributed by atoms with Crippen LogP contribution in [0.15, 0.2) is 49.6 Å². The quantitative estimate of drug-likeness (QED) is 0.122. The third kappa shape index (κ3) is 10.9. The molecule has 0 aliphatic heterocycles. The van der Waals surface area contributed by atoms with E-state index < -0.39 is 59.5 Å². The molecule has 0 saturated carbocycles. The second kappa shape index (κ2) is 16.7. The number of rotatable bonds is 15. The SMILES string of the molecule is C=CCCCCc1cc(F)cc(C)c1-c1cc(F)c(F)c([C@H](CC(=O)OCC)NC(=O)[C@H](CC=C)NC(=O)OC(C)(C)C)c1. The van der Waals surface area contributed by atoms with Crippen molar-refractivity contribution in [3.05, 3.63) is 83.7 Å². The lowest BCUT2D eigenvalue weighted by Gasteiger charge is -2.25. The standard InChI is InChI=1S/C34H43F3N2O5/c1-8-11-12-13-15-22-17-24(35)16-21(4)30(22)23-18-25(31(37)26(36)19-23)28(20-29(40)43-10-3)38-32(41)27(14-9-2)39-33(42)44-34(5,6)7/h8-9,16-19,27-28H,1-2,10-15,20H2,3-7H3,(H,38,41)(H,39,42)/t27-,28-/m0/s1. The molecule has 44 heavy (non-hydrogen) atoms. The van der Waals surface area contributed by atoms with Gasteiger partial charge in [0.1, 0.15) is 17.5 Å². The molecule has 7 nitrogen and oxygen atoms in total. The zero-order chi connectivity index (χ0) is 33.0. The number of unbranched alkanes of at least 4 members (excludes halogenated alkanes) is 2. The molecule has 0 aliphatic carbocycles. The summed E-state index contributed by atoms with van der Waals surface area (Å²) in [7, 11) is 0. The number of nitrogens with one attached hydrogen (secondary N) is 2. The number of allylic oxidation sites excluding steroid dienone is 1. The molecule has 0 heterocycles. The highest BCUT2D eigenvalue weighted by molar-refractivity contribution is 5.87. The Labute approximate surface area is 257 Å². The van der Waals surface area contributed by atoms with Gasteiger partial charge < -0.3 is 20.1 Å². The Balaban J connectivity index is 2.58. The maximum absolute atomic E-state index is 15.5. The molecule has 10 heteroatoms. The molecule has 2 amide bonds. The minimum Gasteiger partial charge on any atom is -0.466 e. The molecule has 2 aromatic carbocycles. The molecule has 0 spiro atoms. The van der Waals surface area contributed by atoms with Gasteiger partial charge in [0.2, 0.25) is 5.91 Å². The third-order valence-corrected chi connectivity index (χ3v) is 6.61. The van der Waals surface area contributed by atoms with Crippen LogP contribution in [0.3, 0.4) is 0 Å². The summed E-state index contributed by atoms with van der Waals surface area (Å²) in [5.41, 5.74) is 0.768. The van der Waals surface area contributed by atoms with Crippen LogP contribution >= 0.6 is 0 Å². The molecule has 2 N–H and O–H groups in total. The number of esters is 1. The lowest BCUT2D eigenvalue weighted by Crippen LogP contribution is -2.49. The first-order valence-electron chi connectivity index (χ1n) is 14.7. The van der Waals surface area contributed by atoms with Crippen molar-refractivity contribution in [1.29, 1.82) is 0 Å². The number of benzene rings is 2. The van der Waals surface area contributed by atoms with Crippen LogP contribution in [0, 0.1) is 24.4 Å². The van der Waals surface area contributed by atoms with E-state index in [2.05, 4.69) is 23.8 Å². The number of hydrogen-bond acceptors (Lipinski definition) is 5. The molecule has 240 valence electrons. The van der Waals surface area contributed by atoms with Gasteiger partial charge in [-0.3, -0.25) is 9.59 Å². The fraction of sp³-hybridized carbons (Fsp3) is 0.441. The molecule has 0 unspecified atom stereocenters. The first-order chi connectivity index (χ1) is 20.7. The summed E-state index contributed by atoms with van der Waals surface area (Å²) >= 11 is 0. The number of aryl methyl sites for hydroxylation is 2. The Bertz CT molecular complexity index is 1350. The zero-order valence-electron chi connectivity index (χ0n) is 26.2. The molecule has 0 aromatic heterocycles. The molecule has 0 saturated heterocycles. The van der Waals surface area contributed by atoms with Gasteiger partial charge in [0.25, 0.3) is 0 Å². The smallest absolute Gasteiger partial charge is 0.408 e. The third-order valence-electron chi connectivity index (χ3n) is 6.61. The highest BCUT2D eigenvalue weighted by atomic mass is 19.2. The van der Waals surface area contributed by atoms with Crippen LogP contribution in [0.1, 0.15) is 82.5 Å². The Kier molecular flexibility index (Phi) is 13.7. The van der Waals surface area contributed by atoms with Crippen molar-refractivity contribution in [3.63, 3.8) is 0 Å². The summed E-state index contributed by atoms with van der Waals surface area (Å²) in [6, 6.07) is 2.48. The first kappa shape index (κ1) is 36.1. The molecular formula is C34H43F3N2O5. The molecular weight excluding hydrogens is 573 g/mol. The summed E-state index contributed by atoms with van der Waals surface area (Å²) in [5.74, 6) is -4.47. The molecule has 2 rings (SSSR count). The maximum Gasteiger partial charge on any atom is 0.408 e. The van der Waals surface area contributed by atoms with Crippen LogP contribution in [-0.4, -0.2) is 36.2 Å². The van der Waals surface area contributed by atoms with Crippen LogP contribution in [0.25, 0.3) is 11.1 Å². The first-order valence-corrected chi connectivity index (χ1v) is 14.7. The van der Waals surface area contributed by atoms with Crippen molar-refractivity contribution >= 4 is 18.0 Å². The number of alkyl carbamates (subject to hydrolysis) is 1. The minimum absolute atomic E-state index is 0.0158. The molecule has 0 bridgehead atoms. The second-order valence-electron chi connectivity index (χ2n) is 11.4. The second-order valence-corrected chi connectivity index (χ2v) is 11.4. The molecule has 0 fully saturated rings. The van der Waals surface area contributed by atoms with Crippen LogP contribution in [-0.2, 0) is 25.5 Å². The van der Waals surface area contributed by atoms with E-state index >= 15 is 8.78 Å². The van der Waals surface area contributed by atoms with Crippen molar-refractivity contribution in [3.8, 4) is 11.1 Å². The van der Waals surface area contributed by atoms with Gasteiger partial charge in [-0.05, 0) is 113 Å². The zero-order valence-corrected chi connectivity index (χ0v) is 26.2. The summed E-state index contributed by atoms with van der Waals surface area (Å²) in [4.78, 5) is 38.3. The van der Waals surface area contributed by atoms with Crippen LogP contribution < -0.4 is 10.6 Å². The van der Waals surface area contributed by atoms with Gasteiger partial charge in [-0.2, -0.15) is 0 Å². The predicted molar refractivity (Wildman–Crippen MR) is 164 cm³/mol. The number of amides is 2. The van der Waals surface area contributed by atoms with E-state index in [0.29, 0.717) is 23.1 Å². The van der Waals surface area contributed by atoms with Crippen LogP contribution in [0.5, 0.6) is 0 Å². The lowest BCUT2D eigenvalue weighted by molar-refractivity contribution is -0.143. The van der Waals surface area contributed by atoms with E-state index in [1.165, 1.54) is 24.3 Å². The number of carbonyl (C=O) groups excluding carboxylic acids is 3. The van der Waals surface area contributed by atoms with Crippen LogP contribution in [0.4, 0.5) is 18.0 Å². The molecule has 2 aromatic rings. The number of ether oxygens (including phenoxy) is 2.